The molecule has 150 valence electrons. The van der Waals surface area contributed by atoms with E-state index in [0.717, 1.165) is 27.8 Å². The smallest absolute Gasteiger partial charge is 0.254 e. The molecular formula is C23H26N4O2. The number of methoxy groups -OCH3 is 1. The monoisotopic (exact) mass is 390 g/mol. The molecule has 2 aromatic carbocycles. The number of aromatic amines is 1. The van der Waals surface area contributed by atoms with Crippen molar-refractivity contribution < 1.29 is 9.53 Å². The molecule has 1 atom stereocenters. The average Bonchev–Trinajstić information content (AvgIpc) is 3.31. The molecule has 0 aliphatic carbocycles. The van der Waals surface area contributed by atoms with E-state index in [1.807, 2.05) is 54.7 Å². The standard InChI is InChI=1S/C23H26N4O2/c1-15(2)21(22-24-18-9-5-6-10-19(18)25-22)26-23(28)17-14-27(12-13-29-3)20-11-7-4-8-16(17)20/h4-11,14-15,21H,12-13H2,1-3H3,(H,24,25)(H,26,28)/t21-/m1/s1. The molecule has 0 fully saturated rings. The lowest BCUT2D eigenvalue weighted by atomic mass is 10.0. The highest BCUT2D eigenvalue weighted by atomic mass is 16.5. The normalized spacial score (nSPS) is 12.7. The van der Waals surface area contributed by atoms with Crippen molar-refractivity contribution in [3.8, 4) is 0 Å². The number of hydrogen-bond donors (Lipinski definition) is 2. The van der Waals surface area contributed by atoms with Crippen LogP contribution in [0.3, 0.4) is 0 Å². The molecule has 4 rings (SSSR count). The van der Waals surface area contributed by atoms with Gasteiger partial charge in [-0.3, -0.25) is 4.79 Å². The summed E-state index contributed by atoms with van der Waals surface area (Å²) in [7, 11) is 1.68. The van der Waals surface area contributed by atoms with Gasteiger partial charge in [-0.05, 0) is 24.1 Å². The Kier molecular flexibility index (Phi) is 5.36. The molecule has 0 saturated heterocycles. The molecule has 0 spiro atoms. The van der Waals surface area contributed by atoms with E-state index in [1.54, 1.807) is 7.11 Å². The van der Waals surface area contributed by atoms with Crippen LogP contribution in [0.2, 0.25) is 0 Å². The minimum Gasteiger partial charge on any atom is -0.383 e. The summed E-state index contributed by atoms with van der Waals surface area (Å²) in [6, 6.07) is 15.6. The molecule has 4 aromatic rings. The van der Waals surface area contributed by atoms with Crippen LogP contribution in [0.5, 0.6) is 0 Å². The first-order valence-corrected chi connectivity index (χ1v) is 9.91. The van der Waals surface area contributed by atoms with Gasteiger partial charge in [0.2, 0.25) is 0 Å². The average molecular weight is 390 g/mol. The van der Waals surface area contributed by atoms with Crippen molar-refractivity contribution in [2.24, 2.45) is 5.92 Å². The number of fused-ring (bicyclic) bond motifs is 2. The van der Waals surface area contributed by atoms with Gasteiger partial charge in [0, 0.05) is 30.8 Å². The van der Waals surface area contributed by atoms with Crippen LogP contribution in [0, 0.1) is 5.92 Å². The quantitative estimate of drug-likeness (QED) is 0.494. The summed E-state index contributed by atoms with van der Waals surface area (Å²) in [4.78, 5) is 21.3. The number of H-pyrrole nitrogens is 1. The Labute approximate surface area is 169 Å². The first-order valence-electron chi connectivity index (χ1n) is 9.91. The third kappa shape index (κ3) is 3.76. The number of carbonyl (C=O) groups is 1. The van der Waals surface area contributed by atoms with Crippen molar-refractivity contribution in [1.29, 1.82) is 0 Å². The number of rotatable bonds is 7. The second kappa shape index (κ2) is 8.09. The lowest BCUT2D eigenvalue weighted by Crippen LogP contribution is -2.32. The number of amides is 1. The SMILES string of the molecule is COCCn1cc(C(=O)N[C@@H](c2nc3ccccc3[nH]2)C(C)C)c2ccccc21. The van der Waals surface area contributed by atoms with Crippen LogP contribution in [-0.4, -0.2) is 34.2 Å². The number of hydrogen-bond acceptors (Lipinski definition) is 3. The van der Waals surface area contributed by atoms with E-state index < -0.39 is 0 Å². The van der Waals surface area contributed by atoms with Gasteiger partial charge in [-0.25, -0.2) is 4.98 Å². The van der Waals surface area contributed by atoms with Gasteiger partial charge in [0.25, 0.3) is 5.91 Å². The number of nitrogens with one attached hydrogen (secondary N) is 2. The zero-order chi connectivity index (χ0) is 20.4. The van der Waals surface area contributed by atoms with Crippen molar-refractivity contribution in [1.82, 2.24) is 19.9 Å². The van der Waals surface area contributed by atoms with E-state index in [2.05, 4.69) is 28.7 Å². The molecule has 2 heterocycles. The van der Waals surface area contributed by atoms with Crippen LogP contribution in [-0.2, 0) is 11.3 Å². The van der Waals surface area contributed by atoms with Crippen LogP contribution in [0.15, 0.2) is 54.7 Å². The highest BCUT2D eigenvalue weighted by molar-refractivity contribution is 6.07. The van der Waals surface area contributed by atoms with E-state index in [9.17, 15) is 4.79 Å². The number of benzene rings is 2. The van der Waals surface area contributed by atoms with Gasteiger partial charge in [-0.15, -0.1) is 0 Å². The van der Waals surface area contributed by atoms with Crippen molar-refractivity contribution in [3.63, 3.8) is 0 Å². The number of carbonyl (C=O) groups excluding carboxylic acids is 1. The molecule has 0 bridgehead atoms. The molecule has 2 N–H and O–H groups in total. The third-order valence-electron chi connectivity index (χ3n) is 5.23. The zero-order valence-corrected chi connectivity index (χ0v) is 17.0. The molecule has 0 radical (unpaired) electrons. The number of nitrogens with zero attached hydrogens (tertiary/aromatic N) is 2. The Balaban J connectivity index is 1.66. The van der Waals surface area contributed by atoms with E-state index in [0.29, 0.717) is 18.7 Å². The van der Waals surface area contributed by atoms with Crippen molar-refractivity contribution in [2.45, 2.75) is 26.4 Å². The van der Waals surface area contributed by atoms with Crippen molar-refractivity contribution in [3.05, 3.63) is 66.1 Å². The molecule has 1 amide bonds. The minimum atomic E-state index is -0.212. The summed E-state index contributed by atoms with van der Waals surface area (Å²) >= 11 is 0. The largest absolute Gasteiger partial charge is 0.383 e. The van der Waals surface area contributed by atoms with Crippen LogP contribution in [0.1, 0.15) is 36.1 Å². The fourth-order valence-corrected chi connectivity index (χ4v) is 3.69. The van der Waals surface area contributed by atoms with Gasteiger partial charge in [0.05, 0.1) is 29.2 Å². The first kappa shape index (κ1) is 19.2. The van der Waals surface area contributed by atoms with Gasteiger partial charge < -0.3 is 19.6 Å². The summed E-state index contributed by atoms with van der Waals surface area (Å²) in [5.74, 6) is 0.857. The molecule has 0 aliphatic heterocycles. The lowest BCUT2D eigenvalue weighted by molar-refractivity contribution is 0.0924. The third-order valence-corrected chi connectivity index (χ3v) is 5.23. The van der Waals surface area contributed by atoms with Crippen molar-refractivity contribution >= 4 is 27.8 Å². The van der Waals surface area contributed by atoms with E-state index in [4.69, 9.17) is 9.72 Å². The Hall–Kier alpha value is -3.12. The highest BCUT2D eigenvalue weighted by Crippen LogP contribution is 2.25. The van der Waals surface area contributed by atoms with Gasteiger partial charge in [-0.1, -0.05) is 44.2 Å². The van der Waals surface area contributed by atoms with E-state index >= 15 is 0 Å². The molecule has 6 heteroatoms. The second-order valence-corrected chi connectivity index (χ2v) is 7.58. The topological polar surface area (TPSA) is 71.9 Å². The summed E-state index contributed by atoms with van der Waals surface area (Å²) in [5.41, 5.74) is 3.56. The Morgan fingerprint density at radius 2 is 1.93 bits per heavy atom. The van der Waals surface area contributed by atoms with Crippen LogP contribution >= 0.6 is 0 Å². The molecule has 0 aliphatic rings. The van der Waals surface area contributed by atoms with E-state index in [-0.39, 0.29) is 17.9 Å². The van der Waals surface area contributed by atoms with Crippen LogP contribution in [0.4, 0.5) is 0 Å². The molecule has 0 unspecified atom stereocenters. The summed E-state index contributed by atoms with van der Waals surface area (Å²) in [6.45, 7) is 5.45. The number of aromatic nitrogens is 3. The van der Waals surface area contributed by atoms with E-state index in [1.165, 1.54) is 0 Å². The zero-order valence-electron chi connectivity index (χ0n) is 17.0. The lowest BCUT2D eigenvalue weighted by Gasteiger charge is -2.20. The molecular weight excluding hydrogens is 364 g/mol. The van der Waals surface area contributed by atoms with Gasteiger partial charge in [0.1, 0.15) is 5.82 Å². The van der Waals surface area contributed by atoms with Gasteiger partial charge >= 0.3 is 0 Å². The fraction of sp³-hybridized carbons (Fsp3) is 0.304. The maximum absolute atomic E-state index is 13.3. The maximum Gasteiger partial charge on any atom is 0.254 e. The van der Waals surface area contributed by atoms with Crippen LogP contribution in [0.25, 0.3) is 21.9 Å². The predicted octanol–water partition coefficient (Wildman–Crippen LogP) is 4.29. The maximum atomic E-state index is 13.3. The Morgan fingerprint density at radius 1 is 1.17 bits per heavy atom. The second-order valence-electron chi connectivity index (χ2n) is 7.58. The van der Waals surface area contributed by atoms with Gasteiger partial charge in [-0.2, -0.15) is 0 Å². The Bertz CT molecular complexity index is 1110. The first-order chi connectivity index (χ1) is 14.1. The molecule has 2 aromatic heterocycles. The fourth-order valence-electron chi connectivity index (χ4n) is 3.69. The minimum absolute atomic E-state index is 0.100. The number of ether oxygens (including phenoxy) is 1. The highest BCUT2D eigenvalue weighted by Gasteiger charge is 2.24. The molecule has 29 heavy (non-hydrogen) atoms. The van der Waals surface area contributed by atoms with Crippen LogP contribution < -0.4 is 5.32 Å². The number of para-hydroxylation sites is 3. The summed E-state index contributed by atoms with van der Waals surface area (Å²) in [6.07, 6.45) is 1.91. The van der Waals surface area contributed by atoms with Gasteiger partial charge in [0.15, 0.2) is 0 Å². The number of imidazole rings is 1. The Morgan fingerprint density at radius 3 is 2.69 bits per heavy atom. The predicted molar refractivity (Wildman–Crippen MR) is 115 cm³/mol. The summed E-state index contributed by atoms with van der Waals surface area (Å²) in [5, 5.41) is 4.13. The molecule has 0 saturated carbocycles. The molecule has 6 nitrogen and oxygen atoms in total. The summed E-state index contributed by atoms with van der Waals surface area (Å²) < 4.78 is 7.28. The van der Waals surface area contributed by atoms with Crippen molar-refractivity contribution in [2.75, 3.05) is 13.7 Å².